The highest BCUT2D eigenvalue weighted by molar-refractivity contribution is 5.83. The zero-order valence-electron chi connectivity index (χ0n) is 15.8. The zero-order chi connectivity index (χ0) is 19.0. The van der Waals surface area contributed by atoms with Crippen LogP contribution in [0.15, 0.2) is 25.0 Å². The molecular weight excluding hydrogens is 344 g/mol. The zero-order valence-corrected chi connectivity index (χ0v) is 15.8. The fraction of sp³-hybridized carbons (Fsp3) is 0.500. The molecule has 1 atom stereocenters. The molecule has 1 aliphatic heterocycles. The Morgan fingerprint density at radius 3 is 2.59 bits per heavy atom. The number of rotatable bonds is 4. The van der Waals surface area contributed by atoms with Crippen LogP contribution in [0.4, 0.5) is 5.82 Å². The fourth-order valence-electron chi connectivity index (χ4n) is 3.61. The molecule has 0 aliphatic carbocycles. The smallest absolute Gasteiger partial charge is 0.245 e. The lowest BCUT2D eigenvalue weighted by Crippen LogP contribution is -2.50. The summed E-state index contributed by atoms with van der Waals surface area (Å²) < 4.78 is 1.98. The monoisotopic (exact) mass is 368 g/mol. The number of carbonyl (C=O) groups is 1. The average Bonchev–Trinajstić information content (AvgIpc) is 3.36. The van der Waals surface area contributed by atoms with Gasteiger partial charge in [-0.05, 0) is 6.92 Å². The van der Waals surface area contributed by atoms with Crippen LogP contribution in [0, 0.1) is 0 Å². The molecule has 1 unspecified atom stereocenters. The Morgan fingerprint density at radius 1 is 1.07 bits per heavy atom. The van der Waals surface area contributed by atoms with Gasteiger partial charge in [0.1, 0.15) is 23.7 Å². The van der Waals surface area contributed by atoms with Gasteiger partial charge in [0.25, 0.3) is 0 Å². The first-order valence-electron chi connectivity index (χ1n) is 9.26. The lowest BCUT2D eigenvalue weighted by Gasteiger charge is -2.36. The van der Waals surface area contributed by atoms with Crippen molar-refractivity contribution in [2.75, 3.05) is 31.1 Å². The van der Waals surface area contributed by atoms with Crippen LogP contribution in [0.25, 0.3) is 11.2 Å². The van der Waals surface area contributed by atoms with E-state index in [0.29, 0.717) is 18.7 Å². The van der Waals surface area contributed by atoms with Crippen LogP contribution in [-0.2, 0) is 4.79 Å². The van der Waals surface area contributed by atoms with Crippen LogP contribution < -0.4 is 4.90 Å². The summed E-state index contributed by atoms with van der Waals surface area (Å²) in [5.41, 5.74) is 1.50. The number of aromatic nitrogens is 6. The van der Waals surface area contributed by atoms with Gasteiger partial charge in [-0.15, -0.1) is 0 Å². The molecule has 3 aromatic heterocycles. The van der Waals surface area contributed by atoms with Gasteiger partial charge in [-0.2, -0.15) is 0 Å². The topological polar surface area (TPSA) is 95.8 Å². The van der Waals surface area contributed by atoms with Crippen molar-refractivity contribution in [2.24, 2.45) is 0 Å². The van der Waals surface area contributed by atoms with Crippen molar-refractivity contribution in [2.45, 2.75) is 32.7 Å². The molecule has 4 heterocycles. The Morgan fingerprint density at radius 2 is 1.85 bits per heavy atom. The van der Waals surface area contributed by atoms with Gasteiger partial charge in [0.2, 0.25) is 5.91 Å². The number of aromatic amines is 1. The van der Waals surface area contributed by atoms with Crippen LogP contribution in [0.1, 0.15) is 38.6 Å². The third-order valence-corrected chi connectivity index (χ3v) is 5.08. The highest BCUT2D eigenvalue weighted by Crippen LogP contribution is 2.23. The van der Waals surface area contributed by atoms with E-state index in [-0.39, 0.29) is 17.9 Å². The molecule has 9 nitrogen and oxygen atoms in total. The van der Waals surface area contributed by atoms with E-state index in [1.807, 2.05) is 22.6 Å². The van der Waals surface area contributed by atoms with Crippen molar-refractivity contribution in [1.29, 1.82) is 0 Å². The minimum atomic E-state index is -0.255. The number of hydrogen-bond acceptors (Lipinski definition) is 6. The Balaban J connectivity index is 1.45. The first-order chi connectivity index (χ1) is 13.1. The van der Waals surface area contributed by atoms with Crippen molar-refractivity contribution in [3.05, 3.63) is 30.9 Å². The summed E-state index contributed by atoms with van der Waals surface area (Å²) in [6.07, 6.45) is 6.82. The van der Waals surface area contributed by atoms with Crippen molar-refractivity contribution in [3.63, 3.8) is 0 Å². The maximum atomic E-state index is 13.0. The predicted octanol–water partition coefficient (Wildman–Crippen LogP) is 1.58. The quantitative estimate of drug-likeness (QED) is 0.751. The second-order valence-corrected chi connectivity index (χ2v) is 7.13. The second kappa shape index (κ2) is 6.98. The van der Waals surface area contributed by atoms with Gasteiger partial charge in [-0.3, -0.25) is 4.79 Å². The van der Waals surface area contributed by atoms with E-state index in [1.54, 1.807) is 12.5 Å². The van der Waals surface area contributed by atoms with Crippen LogP contribution >= 0.6 is 0 Å². The number of nitrogens with one attached hydrogen (secondary N) is 1. The molecule has 1 saturated heterocycles. The van der Waals surface area contributed by atoms with Crippen LogP contribution in [0.3, 0.4) is 0 Å². The van der Waals surface area contributed by atoms with Gasteiger partial charge in [0.15, 0.2) is 11.5 Å². The Hall–Kier alpha value is -2.97. The number of fused-ring (bicyclic) bond motifs is 1. The van der Waals surface area contributed by atoms with E-state index in [1.165, 1.54) is 6.33 Å². The number of H-pyrrole nitrogens is 1. The summed E-state index contributed by atoms with van der Waals surface area (Å²) in [4.78, 5) is 37.4. The number of imidazole rings is 2. The summed E-state index contributed by atoms with van der Waals surface area (Å²) in [7, 11) is 0. The molecule has 4 rings (SSSR count). The van der Waals surface area contributed by atoms with Gasteiger partial charge in [-0.1, -0.05) is 13.8 Å². The van der Waals surface area contributed by atoms with Gasteiger partial charge in [-0.25, -0.2) is 19.9 Å². The van der Waals surface area contributed by atoms with E-state index >= 15 is 0 Å². The molecule has 0 radical (unpaired) electrons. The Labute approximate surface area is 157 Å². The normalized spacial score (nSPS) is 16.3. The maximum Gasteiger partial charge on any atom is 0.245 e. The molecule has 1 fully saturated rings. The van der Waals surface area contributed by atoms with Crippen molar-refractivity contribution in [3.8, 4) is 0 Å². The molecule has 1 N–H and O–H groups in total. The summed E-state index contributed by atoms with van der Waals surface area (Å²) in [5.74, 6) is 2.19. The third-order valence-electron chi connectivity index (χ3n) is 5.08. The lowest BCUT2D eigenvalue weighted by molar-refractivity contribution is -0.134. The molecule has 9 heteroatoms. The van der Waals surface area contributed by atoms with E-state index in [4.69, 9.17) is 0 Å². The SMILES string of the molecule is CC(C)c1nccn1C(C)C(=O)N1CCN(c2ncnc3nc[nH]c23)CC1. The number of piperazine rings is 1. The van der Waals surface area contributed by atoms with Crippen LogP contribution in [0.2, 0.25) is 0 Å². The minimum absolute atomic E-state index is 0.129. The molecule has 142 valence electrons. The predicted molar refractivity (Wildman–Crippen MR) is 102 cm³/mol. The van der Waals surface area contributed by atoms with Crippen molar-refractivity contribution >= 4 is 22.9 Å². The average molecular weight is 368 g/mol. The molecule has 1 aliphatic rings. The number of anilines is 1. The summed E-state index contributed by atoms with van der Waals surface area (Å²) in [6, 6.07) is -0.255. The van der Waals surface area contributed by atoms with Gasteiger partial charge in [0.05, 0.1) is 6.33 Å². The standard InChI is InChI=1S/C18H24N8O/c1-12(2)16-19-4-5-26(16)13(3)18(27)25-8-6-24(7-9-25)17-14-15(21-10-20-14)22-11-23-17/h4-5,10-13H,6-9H2,1-3H3,(H,20,21,22,23). The Bertz CT molecular complexity index is 938. The van der Waals surface area contributed by atoms with E-state index in [0.717, 1.165) is 30.2 Å². The molecule has 1 amide bonds. The number of amides is 1. The third kappa shape index (κ3) is 3.13. The molecule has 3 aromatic rings. The van der Waals surface area contributed by atoms with E-state index in [2.05, 4.69) is 43.7 Å². The molecule has 0 bridgehead atoms. The van der Waals surface area contributed by atoms with E-state index < -0.39 is 0 Å². The van der Waals surface area contributed by atoms with Gasteiger partial charge in [0, 0.05) is 44.5 Å². The lowest BCUT2D eigenvalue weighted by atomic mass is 10.2. The number of nitrogens with zero attached hydrogens (tertiary/aromatic N) is 7. The largest absolute Gasteiger partial charge is 0.351 e. The fourth-order valence-corrected chi connectivity index (χ4v) is 3.61. The second-order valence-electron chi connectivity index (χ2n) is 7.13. The molecule has 0 saturated carbocycles. The highest BCUT2D eigenvalue weighted by Gasteiger charge is 2.28. The summed E-state index contributed by atoms with van der Waals surface area (Å²) in [6.45, 7) is 8.90. The number of hydrogen-bond donors (Lipinski definition) is 1. The number of carbonyl (C=O) groups excluding carboxylic acids is 1. The van der Waals surface area contributed by atoms with Crippen molar-refractivity contribution in [1.82, 2.24) is 34.4 Å². The van der Waals surface area contributed by atoms with Crippen LogP contribution in [0.5, 0.6) is 0 Å². The molecule has 0 spiro atoms. The van der Waals surface area contributed by atoms with Crippen molar-refractivity contribution < 1.29 is 4.79 Å². The Kier molecular flexibility index (Phi) is 4.51. The van der Waals surface area contributed by atoms with Crippen LogP contribution in [-0.4, -0.2) is 66.5 Å². The molecular formula is C18H24N8O. The highest BCUT2D eigenvalue weighted by atomic mass is 16.2. The first kappa shape index (κ1) is 17.4. The van der Waals surface area contributed by atoms with E-state index in [9.17, 15) is 4.79 Å². The van der Waals surface area contributed by atoms with Gasteiger partial charge < -0.3 is 19.4 Å². The molecule has 0 aromatic carbocycles. The minimum Gasteiger partial charge on any atom is -0.351 e. The molecule has 27 heavy (non-hydrogen) atoms. The van der Waals surface area contributed by atoms with Gasteiger partial charge >= 0.3 is 0 Å². The maximum absolute atomic E-state index is 13.0. The summed E-state index contributed by atoms with van der Waals surface area (Å²) in [5, 5.41) is 0. The summed E-state index contributed by atoms with van der Waals surface area (Å²) >= 11 is 0. The first-order valence-corrected chi connectivity index (χ1v) is 9.26.